The van der Waals surface area contributed by atoms with Crippen LogP contribution in [0.15, 0.2) is 60.7 Å². The first-order valence-corrected chi connectivity index (χ1v) is 9.99. The zero-order valence-corrected chi connectivity index (χ0v) is 15.8. The number of carbonyl (C=O) groups excluding carboxylic acids is 1. The van der Waals surface area contributed by atoms with Gasteiger partial charge in [0, 0.05) is 30.2 Å². The molecule has 1 aliphatic rings. The molecule has 138 valence electrons. The van der Waals surface area contributed by atoms with Gasteiger partial charge in [-0.15, -0.1) is 11.3 Å². The van der Waals surface area contributed by atoms with Crippen molar-refractivity contribution in [2.75, 3.05) is 24.6 Å². The van der Waals surface area contributed by atoms with Crippen molar-refractivity contribution in [1.82, 2.24) is 5.32 Å². The third-order valence-corrected chi connectivity index (χ3v) is 5.89. The number of aliphatic hydroxyl groups excluding tert-OH is 1. The molecule has 0 fully saturated rings. The quantitative estimate of drug-likeness (QED) is 0.643. The van der Waals surface area contributed by atoms with Crippen molar-refractivity contribution in [3.05, 3.63) is 76.0 Å². The maximum atomic E-state index is 13.1. The molecule has 1 aromatic heterocycles. The molecular formula is C22H22N2O2S. The molecule has 27 heavy (non-hydrogen) atoms. The highest BCUT2D eigenvalue weighted by molar-refractivity contribution is 7.14. The van der Waals surface area contributed by atoms with Gasteiger partial charge in [-0.1, -0.05) is 42.5 Å². The van der Waals surface area contributed by atoms with Gasteiger partial charge in [-0.05, 0) is 41.3 Å². The SMILES string of the molecule is O=C(c1ccc(CNCCO)s1)N1CCc2c(-c3ccccc3)cccc21. The van der Waals surface area contributed by atoms with Gasteiger partial charge < -0.3 is 15.3 Å². The van der Waals surface area contributed by atoms with Crippen LogP contribution in [0.5, 0.6) is 0 Å². The van der Waals surface area contributed by atoms with Gasteiger partial charge in [0.1, 0.15) is 0 Å². The standard InChI is InChI=1S/C22H22N2O2S/c25-14-12-23-15-17-9-10-21(27-17)22(26)24-13-11-19-18(7-4-8-20(19)24)16-5-2-1-3-6-16/h1-10,23,25H,11-15H2. The molecule has 2 aromatic carbocycles. The Morgan fingerprint density at radius 1 is 1.07 bits per heavy atom. The second kappa shape index (κ2) is 8.05. The molecule has 1 amide bonds. The van der Waals surface area contributed by atoms with Crippen molar-refractivity contribution in [3.63, 3.8) is 0 Å². The average Bonchev–Trinajstić information content (AvgIpc) is 3.35. The number of carbonyl (C=O) groups is 1. The van der Waals surface area contributed by atoms with E-state index in [0.29, 0.717) is 19.6 Å². The zero-order chi connectivity index (χ0) is 18.6. The highest BCUT2D eigenvalue weighted by Crippen LogP contribution is 2.37. The maximum Gasteiger partial charge on any atom is 0.268 e. The fourth-order valence-corrected chi connectivity index (χ4v) is 4.47. The number of hydrogen-bond acceptors (Lipinski definition) is 4. The van der Waals surface area contributed by atoms with E-state index in [1.807, 2.05) is 47.4 Å². The van der Waals surface area contributed by atoms with Crippen LogP contribution in [0.4, 0.5) is 5.69 Å². The van der Waals surface area contributed by atoms with Gasteiger partial charge in [-0.3, -0.25) is 4.79 Å². The van der Waals surface area contributed by atoms with Crippen LogP contribution in [0.1, 0.15) is 20.1 Å². The van der Waals surface area contributed by atoms with Crippen LogP contribution in [0, 0.1) is 0 Å². The number of benzene rings is 2. The molecule has 0 spiro atoms. The lowest BCUT2D eigenvalue weighted by Crippen LogP contribution is -2.28. The Morgan fingerprint density at radius 2 is 1.93 bits per heavy atom. The van der Waals surface area contributed by atoms with Crippen molar-refractivity contribution >= 4 is 22.9 Å². The highest BCUT2D eigenvalue weighted by atomic mass is 32.1. The third-order valence-electron chi connectivity index (χ3n) is 4.82. The molecule has 0 saturated carbocycles. The Balaban J connectivity index is 1.57. The lowest BCUT2D eigenvalue weighted by atomic mass is 9.98. The molecule has 0 atom stereocenters. The molecule has 0 aliphatic carbocycles. The van der Waals surface area contributed by atoms with Crippen LogP contribution in [-0.2, 0) is 13.0 Å². The van der Waals surface area contributed by atoms with Crippen LogP contribution in [-0.4, -0.2) is 30.7 Å². The summed E-state index contributed by atoms with van der Waals surface area (Å²) in [6, 6.07) is 20.5. The summed E-state index contributed by atoms with van der Waals surface area (Å²) >= 11 is 1.52. The number of anilines is 1. The Hall–Kier alpha value is -2.47. The van der Waals surface area contributed by atoms with E-state index in [4.69, 9.17) is 5.11 Å². The molecular weight excluding hydrogens is 356 g/mol. The first kappa shape index (κ1) is 17.9. The highest BCUT2D eigenvalue weighted by Gasteiger charge is 2.28. The van der Waals surface area contributed by atoms with E-state index >= 15 is 0 Å². The molecule has 2 N–H and O–H groups in total. The van der Waals surface area contributed by atoms with Gasteiger partial charge in [-0.2, -0.15) is 0 Å². The van der Waals surface area contributed by atoms with Gasteiger partial charge in [0.05, 0.1) is 11.5 Å². The predicted octanol–water partition coefficient (Wildman–Crippen LogP) is 3.70. The van der Waals surface area contributed by atoms with Gasteiger partial charge in [-0.25, -0.2) is 0 Å². The summed E-state index contributed by atoms with van der Waals surface area (Å²) < 4.78 is 0. The topological polar surface area (TPSA) is 52.6 Å². The Labute approximate surface area is 163 Å². The number of hydrogen-bond donors (Lipinski definition) is 2. The van der Waals surface area contributed by atoms with Crippen LogP contribution in [0.2, 0.25) is 0 Å². The number of thiophene rings is 1. The number of nitrogens with one attached hydrogen (secondary N) is 1. The number of fused-ring (bicyclic) bond motifs is 1. The van der Waals surface area contributed by atoms with E-state index in [1.165, 1.54) is 28.0 Å². The van der Waals surface area contributed by atoms with E-state index in [9.17, 15) is 4.79 Å². The molecule has 5 heteroatoms. The molecule has 0 bridgehead atoms. The molecule has 3 aromatic rings. The summed E-state index contributed by atoms with van der Waals surface area (Å²) in [5.74, 6) is 0.0670. The van der Waals surface area contributed by atoms with Gasteiger partial charge >= 0.3 is 0 Å². The van der Waals surface area contributed by atoms with Crippen molar-refractivity contribution in [2.45, 2.75) is 13.0 Å². The molecule has 0 saturated heterocycles. The lowest BCUT2D eigenvalue weighted by molar-refractivity contribution is 0.0993. The summed E-state index contributed by atoms with van der Waals surface area (Å²) in [6.45, 7) is 2.07. The maximum absolute atomic E-state index is 13.1. The number of rotatable bonds is 6. The van der Waals surface area contributed by atoms with Crippen molar-refractivity contribution < 1.29 is 9.90 Å². The minimum atomic E-state index is 0.0670. The van der Waals surface area contributed by atoms with Crippen LogP contribution in [0.25, 0.3) is 11.1 Å². The fraction of sp³-hybridized carbons (Fsp3) is 0.227. The minimum absolute atomic E-state index is 0.0670. The molecule has 2 heterocycles. The molecule has 4 nitrogen and oxygen atoms in total. The monoisotopic (exact) mass is 378 g/mol. The summed E-state index contributed by atoms with van der Waals surface area (Å²) in [6.07, 6.45) is 0.877. The number of amides is 1. The Bertz CT molecular complexity index is 936. The third kappa shape index (κ3) is 3.67. The summed E-state index contributed by atoms with van der Waals surface area (Å²) in [5, 5.41) is 12.0. The first-order chi connectivity index (χ1) is 13.3. The Morgan fingerprint density at radius 3 is 2.74 bits per heavy atom. The van der Waals surface area contributed by atoms with Gasteiger partial charge in [0.15, 0.2) is 0 Å². The minimum Gasteiger partial charge on any atom is -0.395 e. The van der Waals surface area contributed by atoms with Crippen molar-refractivity contribution in [3.8, 4) is 11.1 Å². The second-order valence-corrected chi connectivity index (χ2v) is 7.71. The fourth-order valence-electron chi connectivity index (χ4n) is 3.54. The summed E-state index contributed by atoms with van der Waals surface area (Å²) in [4.78, 5) is 16.8. The summed E-state index contributed by atoms with van der Waals surface area (Å²) in [5.41, 5.74) is 4.67. The smallest absolute Gasteiger partial charge is 0.268 e. The van der Waals surface area contributed by atoms with Crippen LogP contribution >= 0.6 is 11.3 Å². The van der Waals surface area contributed by atoms with E-state index in [1.54, 1.807) is 0 Å². The van der Waals surface area contributed by atoms with E-state index in [-0.39, 0.29) is 12.5 Å². The number of nitrogens with zero attached hydrogens (tertiary/aromatic N) is 1. The molecule has 1 aliphatic heterocycles. The van der Waals surface area contributed by atoms with Gasteiger partial charge in [0.2, 0.25) is 0 Å². The average molecular weight is 378 g/mol. The van der Waals surface area contributed by atoms with Gasteiger partial charge in [0.25, 0.3) is 5.91 Å². The predicted molar refractivity (Wildman–Crippen MR) is 110 cm³/mol. The normalized spacial score (nSPS) is 13.0. The molecule has 4 rings (SSSR count). The van der Waals surface area contributed by atoms with Crippen LogP contribution in [0.3, 0.4) is 0 Å². The lowest BCUT2D eigenvalue weighted by Gasteiger charge is -2.17. The van der Waals surface area contributed by atoms with E-state index in [2.05, 4.69) is 23.5 Å². The van der Waals surface area contributed by atoms with E-state index in [0.717, 1.165) is 21.9 Å². The number of aliphatic hydroxyl groups is 1. The summed E-state index contributed by atoms with van der Waals surface area (Å²) in [7, 11) is 0. The van der Waals surface area contributed by atoms with Crippen molar-refractivity contribution in [2.24, 2.45) is 0 Å². The molecule has 0 radical (unpaired) electrons. The largest absolute Gasteiger partial charge is 0.395 e. The Kier molecular flexibility index (Phi) is 5.34. The second-order valence-electron chi connectivity index (χ2n) is 6.54. The first-order valence-electron chi connectivity index (χ1n) is 9.17. The van der Waals surface area contributed by atoms with E-state index < -0.39 is 0 Å². The van der Waals surface area contributed by atoms with Crippen LogP contribution < -0.4 is 10.2 Å². The molecule has 0 unspecified atom stereocenters. The zero-order valence-electron chi connectivity index (χ0n) is 15.0. The van der Waals surface area contributed by atoms with Crippen molar-refractivity contribution in [1.29, 1.82) is 0 Å².